The maximum absolute atomic E-state index is 12.4. The molecule has 0 heterocycles. The van der Waals surface area contributed by atoms with E-state index in [4.69, 9.17) is 11.6 Å². The van der Waals surface area contributed by atoms with Crippen molar-refractivity contribution in [3.8, 4) is 6.07 Å². The molecule has 2 rings (SSSR count). The first-order valence-corrected chi connectivity index (χ1v) is 8.30. The van der Waals surface area contributed by atoms with Gasteiger partial charge in [0.2, 0.25) is 0 Å². The fourth-order valence-corrected chi connectivity index (χ4v) is 3.03. The second-order valence-corrected chi connectivity index (χ2v) is 6.46. The van der Waals surface area contributed by atoms with Crippen molar-refractivity contribution in [2.24, 2.45) is 0 Å². The number of nitriles is 1. The second-order valence-electron chi connectivity index (χ2n) is 6.03. The van der Waals surface area contributed by atoms with Crippen molar-refractivity contribution in [2.45, 2.75) is 45.1 Å². The topological polar surface area (TPSA) is 56.1 Å². The van der Waals surface area contributed by atoms with Gasteiger partial charge in [0.05, 0.1) is 0 Å². The molecule has 1 fully saturated rings. The zero-order valence-electron chi connectivity index (χ0n) is 13.6. The van der Waals surface area contributed by atoms with E-state index in [0.717, 1.165) is 18.4 Å². The molecular formula is C18H22ClN3O. The Balaban J connectivity index is 2.10. The van der Waals surface area contributed by atoms with Crippen LogP contribution in [-0.2, 0) is 4.79 Å². The first kappa shape index (κ1) is 17.4. The SMILES string of the molecule is Cc1ccc(Cl)cc1NC(=O)/C(C#N)=C\N(C)C1CCCCC1. The van der Waals surface area contributed by atoms with Gasteiger partial charge in [0, 0.05) is 30.0 Å². The van der Waals surface area contributed by atoms with Crippen LogP contribution in [0, 0.1) is 18.3 Å². The van der Waals surface area contributed by atoms with Gasteiger partial charge in [-0.25, -0.2) is 0 Å². The Kier molecular flexibility index (Phi) is 6.06. The van der Waals surface area contributed by atoms with Crippen LogP contribution in [0.4, 0.5) is 5.69 Å². The molecule has 1 amide bonds. The highest BCUT2D eigenvalue weighted by Crippen LogP contribution is 2.23. The van der Waals surface area contributed by atoms with Crippen molar-refractivity contribution in [2.75, 3.05) is 12.4 Å². The number of aryl methyl sites for hydroxylation is 1. The molecule has 0 saturated heterocycles. The lowest BCUT2D eigenvalue weighted by Gasteiger charge is -2.30. The first-order valence-electron chi connectivity index (χ1n) is 7.92. The van der Waals surface area contributed by atoms with Crippen LogP contribution in [0.1, 0.15) is 37.7 Å². The van der Waals surface area contributed by atoms with Crippen LogP contribution in [0.25, 0.3) is 0 Å². The number of halogens is 1. The minimum atomic E-state index is -0.402. The van der Waals surface area contributed by atoms with E-state index in [9.17, 15) is 10.1 Å². The Bertz CT molecular complexity index is 642. The molecule has 4 nitrogen and oxygen atoms in total. The molecule has 1 aromatic rings. The maximum atomic E-state index is 12.4. The van der Waals surface area contributed by atoms with Gasteiger partial charge in [0.25, 0.3) is 5.91 Å². The number of nitrogens with zero attached hydrogens (tertiary/aromatic N) is 2. The number of carbonyl (C=O) groups is 1. The Hall–Kier alpha value is -1.99. The van der Waals surface area contributed by atoms with Crippen molar-refractivity contribution < 1.29 is 4.79 Å². The smallest absolute Gasteiger partial charge is 0.267 e. The van der Waals surface area contributed by atoms with E-state index in [0.29, 0.717) is 16.8 Å². The molecule has 1 aliphatic carbocycles. The minimum Gasteiger partial charge on any atom is -0.376 e. The molecule has 1 saturated carbocycles. The van der Waals surface area contributed by atoms with Gasteiger partial charge in [0.15, 0.2) is 0 Å². The van der Waals surface area contributed by atoms with Crippen LogP contribution in [0.3, 0.4) is 0 Å². The third kappa shape index (κ3) is 4.74. The van der Waals surface area contributed by atoms with Gasteiger partial charge in [-0.2, -0.15) is 5.26 Å². The highest BCUT2D eigenvalue weighted by Gasteiger charge is 2.18. The summed E-state index contributed by atoms with van der Waals surface area (Å²) in [6.45, 7) is 1.88. The summed E-state index contributed by atoms with van der Waals surface area (Å²) in [4.78, 5) is 14.4. The van der Waals surface area contributed by atoms with Gasteiger partial charge in [-0.05, 0) is 37.5 Å². The zero-order valence-corrected chi connectivity index (χ0v) is 14.4. The summed E-state index contributed by atoms with van der Waals surface area (Å²) in [5.74, 6) is -0.402. The number of anilines is 1. The Morgan fingerprint density at radius 2 is 2.09 bits per heavy atom. The lowest BCUT2D eigenvalue weighted by molar-refractivity contribution is -0.112. The summed E-state index contributed by atoms with van der Waals surface area (Å²) in [6, 6.07) is 7.70. The molecule has 0 atom stereocenters. The normalized spacial score (nSPS) is 15.8. The van der Waals surface area contributed by atoms with Crippen LogP contribution >= 0.6 is 11.6 Å². The van der Waals surface area contributed by atoms with Crippen molar-refractivity contribution in [3.05, 3.63) is 40.6 Å². The zero-order chi connectivity index (χ0) is 16.8. The van der Waals surface area contributed by atoms with Crippen LogP contribution in [0.15, 0.2) is 30.0 Å². The minimum absolute atomic E-state index is 0.109. The van der Waals surface area contributed by atoms with Crippen molar-refractivity contribution in [1.82, 2.24) is 4.90 Å². The van der Waals surface area contributed by atoms with Crippen LogP contribution < -0.4 is 5.32 Å². The molecule has 0 spiro atoms. The van der Waals surface area contributed by atoms with E-state index in [-0.39, 0.29) is 5.57 Å². The van der Waals surface area contributed by atoms with E-state index >= 15 is 0 Å². The fraction of sp³-hybridized carbons (Fsp3) is 0.444. The van der Waals surface area contributed by atoms with Gasteiger partial charge in [-0.15, -0.1) is 0 Å². The predicted molar refractivity (Wildman–Crippen MR) is 93.2 cm³/mol. The Morgan fingerprint density at radius 3 is 2.74 bits per heavy atom. The third-order valence-electron chi connectivity index (χ3n) is 4.30. The number of hydrogen-bond donors (Lipinski definition) is 1. The van der Waals surface area contributed by atoms with Crippen LogP contribution in [-0.4, -0.2) is 23.9 Å². The largest absolute Gasteiger partial charge is 0.376 e. The second kappa shape index (κ2) is 8.03. The van der Waals surface area contributed by atoms with Gasteiger partial charge >= 0.3 is 0 Å². The predicted octanol–water partition coefficient (Wildman–Crippen LogP) is 4.26. The van der Waals surface area contributed by atoms with E-state index in [1.54, 1.807) is 18.3 Å². The van der Waals surface area contributed by atoms with Crippen molar-refractivity contribution in [1.29, 1.82) is 5.26 Å². The van der Waals surface area contributed by atoms with Gasteiger partial charge in [0.1, 0.15) is 11.6 Å². The summed E-state index contributed by atoms with van der Waals surface area (Å²) in [5.41, 5.74) is 1.64. The number of carbonyl (C=O) groups excluding carboxylic acids is 1. The molecule has 23 heavy (non-hydrogen) atoms. The summed E-state index contributed by atoms with van der Waals surface area (Å²) in [7, 11) is 1.94. The van der Waals surface area contributed by atoms with Gasteiger partial charge < -0.3 is 10.2 Å². The Labute approximate surface area is 142 Å². The molecule has 1 N–H and O–H groups in total. The van der Waals surface area contributed by atoms with Gasteiger partial charge in [-0.3, -0.25) is 4.79 Å². The molecule has 0 aliphatic heterocycles. The molecule has 0 aromatic heterocycles. The molecule has 0 bridgehead atoms. The summed E-state index contributed by atoms with van der Waals surface area (Å²) in [6.07, 6.45) is 7.57. The third-order valence-corrected chi connectivity index (χ3v) is 4.53. The molecular weight excluding hydrogens is 310 g/mol. The number of rotatable bonds is 4. The molecule has 0 radical (unpaired) electrons. The summed E-state index contributed by atoms with van der Waals surface area (Å²) >= 11 is 5.96. The highest BCUT2D eigenvalue weighted by molar-refractivity contribution is 6.31. The highest BCUT2D eigenvalue weighted by atomic mass is 35.5. The van der Waals surface area contributed by atoms with E-state index in [1.807, 2.05) is 31.0 Å². The number of hydrogen-bond acceptors (Lipinski definition) is 3. The average molecular weight is 332 g/mol. The van der Waals surface area contributed by atoms with Crippen molar-refractivity contribution >= 4 is 23.2 Å². The summed E-state index contributed by atoms with van der Waals surface area (Å²) in [5, 5.41) is 12.6. The standard InChI is InChI=1S/C18H22ClN3O/c1-13-8-9-15(19)10-17(13)21-18(23)14(11-20)12-22(2)16-6-4-3-5-7-16/h8-10,12,16H,3-7H2,1-2H3,(H,21,23)/b14-12-. The monoisotopic (exact) mass is 331 g/mol. The van der Waals surface area contributed by atoms with Crippen LogP contribution in [0.2, 0.25) is 5.02 Å². The first-order chi connectivity index (χ1) is 11.0. The number of amides is 1. The number of nitrogens with one attached hydrogen (secondary N) is 1. The fourth-order valence-electron chi connectivity index (χ4n) is 2.85. The quantitative estimate of drug-likeness (QED) is 0.662. The van der Waals surface area contributed by atoms with Crippen LogP contribution in [0.5, 0.6) is 0 Å². The summed E-state index contributed by atoms with van der Waals surface area (Å²) < 4.78 is 0. The number of benzene rings is 1. The van der Waals surface area contributed by atoms with E-state index < -0.39 is 5.91 Å². The van der Waals surface area contributed by atoms with E-state index in [2.05, 4.69) is 5.32 Å². The van der Waals surface area contributed by atoms with E-state index in [1.165, 1.54) is 19.3 Å². The lowest BCUT2D eigenvalue weighted by Crippen LogP contribution is -2.30. The van der Waals surface area contributed by atoms with Gasteiger partial charge in [-0.1, -0.05) is 36.9 Å². The Morgan fingerprint density at radius 1 is 1.39 bits per heavy atom. The maximum Gasteiger partial charge on any atom is 0.267 e. The molecule has 1 aromatic carbocycles. The molecule has 0 unspecified atom stereocenters. The average Bonchev–Trinajstić information content (AvgIpc) is 2.56. The lowest BCUT2D eigenvalue weighted by atomic mass is 9.94. The van der Waals surface area contributed by atoms with Crippen molar-refractivity contribution in [3.63, 3.8) is 0 Å². The molecule has 122 valence electrons. The molecule has 1 aliphatic rings. The molecule has 5 heteroatoms.